The number of nitriles is 1. The average molecular weight is 690 g/mol. The summed E-state index contributed by atoms with van der Waals surface area (Å²) >= 11 is 0. The van der Waals surface area contributed by atoms with Gasteiger partial charge in [0.1, 0.15) is 0 Å². The van der Waals surface area contributed by atoms with Crippen molar-refractivity contribution in [2.45, 2.75) is 131 Å². The first-order valence-electron chi connectivity index (χ1n) is 19.6. The molecule has 0 bridgehead atoms. The summed E-state index contributed by atoms with van der Waals surface area (Å²) in [6.45, 7) is 19.9. The first-order chi connectivity index (χ1) is 24.4. The van der Waals surface area contributed by atoms with Crippen molar-refractivity contribution in [3.8, 4) is 34.8 Å². The summed E-state index contributed by atoms with van der Waals surface area (Å²) < 4.78 is 31.8. The van der Waals surface area contributed by atoms with E-state index < -0.39 is 0 Å². The number of allylic oxidation sites excluding steroid dienone is 2. The molecule has 0 aromatic heterocycles. The third-order valence-electron chi connectivity index (χ3n) is 9.02. The van der Waals surface area contributed by atoms with Crippen LogP contribution in [0.4, 0.5) is 0 Å². The lowest BCUT2D eigenvalue weighted by Gasteiger charge is -2.21. The number of hydrogen-bond donors (Lipinski definition) is 0. The lowest BCUT2D eigenvalue weighted by atomic mass is 10.0. The highest BCUT2D eigenvalue weighted by Gasteiger charge is 2.20. The molecular weight excluding hydrogens is 622 g/mol. The van der Waals surface area contributed by atoms with Crippen LogP contribution in [0, 0.1) is 23.2 Å². The fourth-order valence-corrected chi connectivity index (χ4v) is 5.19. The first-order valence-corrected chi connectivity index (χ1v) is 19.6. The Labute approximate surface area is 305 Å². The molecule has 0 fully saturated rings. The number of ether oxygens (including phenoxy) is 5. The summed E-state index contributed by atoms with van der Waals surface area (Å²) in [7, 11) is 0. The molecule has 0 amide bonds. The fourth-order valence-electron chi connectivity index (χ4n) is 5.19. The van der Waals surface area contributed by atoms with Gasteiger partial charge >= 0.3 is 0 Å². The third-order valence-corrected chi connectivity index (χ3v) is 9.02. The van der Waals surface area contributed by atoms with E-state index in [0.29, 0.717) is 73.4 Å². The molecule has 2 aromatic carbocycles. The van der Waals surface area contributed by atoms with Crippen LogP contribution in [0.3, 0.4) is 0 Å². The molecule has 0 spiro atoms. The van der Waals surface area contributed by atoms with E-state index in [9.17, 15) is 5.26 Å². The maximum Gasteiger partial charge on any atom is 0.204 e. The Morgan fingerprint density at radius 2 is 1.24 bits per heavy atom. The van der Waals surface area contributed by atoms with Gasteiger partial charge in [0.05, 0.1) is 44.7 Å². The van der Waals surface area contributed by atoms with Gasteiger partial charge in [-0.15, -0.1) is 6.58 Å². The van der Waals surface area contributed by atoms with E-state index in [4.69, 9.17) is 23.7 Å². The van der Waals surface area contributed by atoms with Crippen molar-refractivity contribution in [2.75, 3.05) is 33.0 Å². The number of benzene rings is 2. The summed E-state index contributed by atoms with van der Waals surface area (Å²) in [6, 6.07) is 12.2. The second kappa shape index (κ2) is 26.3. The van der Waals surface area contributed by atoms with E-state index >= 15 is 0 Å². The largest absolute Gasteiger partial charge is 0.490 e. The second-order valence-corrected chi connectivity index (χ2v) is 13.6. The lowest BCUT2D eigenvalue weighted by Crippen LogP contribution is -2.12. The molecule has 278 valence electrons. The maximum atomic E-state index is 10.5. The van der Waals surface area contributed by atoms with Gasteiger partial charge in [-0.05, 0) is 79.5 Å². The Kier molecular flexibility index (Phi) is 22.4. The summed E-state index contributed by atoms with van der Waals surface area (Å²) in [6.07, 6.45) is 19.1. The highest BCUT2D eigenvalue weighted by molar-refractivity contribution is 5.92. The maximum absolute atomic E-state index is 10.5. The van der Waals surface area contributed by atoms with E-state index in [-0.39, 0.29) is 0 Å². The van der Waals surface area contributed by atoms with Crippen LogP contribution in [-0.4, -0.2) is 33.0 Å². The minimum absolute atomic E-state index is 0.363. The molecule has 2 aromatic rings. The molecule has 0 N–H and O–H groups in total. The molecule has 6 heteroatoms. The van der Waals surface area contributed by atoms with Crippen molar-refractivity contribution < 1.29 is 23.7 Å². The van der Waals surface area contributed by atoms with E-state index in [1.807, 2.05) is 42.5 Å². The van der Waals surface area contributed by atoms with Crippen molar-refractivity contribution >= 4 is 11.6 Å². The molecular formula is C44H67NO5. The van der Waals surface area contributed by atoms with Crippen LogP contribution < -0.4 is 23.7 Å². The van der Waals surface area contributed by atoms with Crippen molar-refractivity contribution in [1.82, 2.24) is 0 Å². The van der Waals surface area contributed by atoms with Gasteiger partial charge in [-0.3, -0.25) is 0 Å². The zero-order valence-electron chi connectivity index (χ0n) is 32.3. The van der Waals surface area contributed by atoms with Gasteiger partial charge in [-0.1, -0.05) is 112 Å². The van der Waals surface area contributed by atoms with Crippen molar-refractivity contribution in [3.63, 3.8) is 0 Å². The predicted molar refractivity (Wildman–Crippen MR) is 210 cm³/mol. The molecule has 2 rings (SSSR count). The van der Waals surface area contributed by atoms with Crippen LogP contribution in [0.1, 0.15) is 143 Å². The van der Waals surface area contributed by atoms with Gasteiger partial charge in [-0.25, -0.2) is 0 Å². The Morgan fingerprint density at radius 1 is 0.660 bits per heavy atom. The zero-order chi connectivity index (χ0) is 36.4. The van der Waals surface area contributed by atoms with Crippen LogP contribution in [0.25, 0.3) is 11.6 Å². The SMILES string of the molecule is C=CCCCOc1c(C=C(C#N)c2ccc(OCCCCCCC)c(OCCCCCCC)c2)ccc(OC[C@@H](C)CC)c1OC[C@@H](C)CC. The summed E-state index contributed by atoms with van der Waals surface area (Å²) in [5.74, 6) is 4.02. The summed E-state index contributed by atoms with van der Waals surface area (Å²) in [5.41, 5.74) is 2.03. The third kappa shape index (κ3) is 16.0. The van der Waals surface area contributed by atoms with Gasteiger partial charge in [-0.2, -0.15) is 5.26 Å². The van der Waals surface area contributed by atoms with Crippen LogP contribution in [0.5, 0.6) is 28.7 Å². The minimum Gasteiger partial charge on any atom is -0.490 e. The average Bonchev–Trinajstić information content (AvgIpc) is 3.14. The molecule has 0 unspecified atom stereocenters. The van der Waals surface area contributed by atoms with E-state index in [1.54, 1.807) is 0 Å². The number of unbranched alkanes of at least 4 members (excludes halogenated alkanes) is 9. The van der Waals surface area contributed by atoms with E-state index in [2.05, 4.69) is 54.2 Å². The smallest absolute Gasteiger partial charge is 0.204 e. The van der Waals surface area contributed by atoms with Gasteiger partial charge in [0.15, 0.2) is 23.0 Å². The predicted octanol–water partition coefficient (Wildman–Crippen LogP) is 12.6. The van der Waals surface area contributed by atoms with Gasteiger partial charge in [0, 0.05) is 5.56 Å². The molecule has 50 heavy (non-hydrogen) atoms. The van der Waals surface area contributed by atoms with Gasteiger partial charge in [0.2, 0.25) is 5.75 Å². The standard InChI is InChI=1S/C44H67NO5/c1-8-13-16-18-21-27-46-40-25-23-37(31-42(40)47-28-22-19-17-14-9-2)39(32-45)30-38-24-26-41(49-33-35(6)11-4)44(50-34-36(7)12-5)43(38)48-29-20-15-10-3/h10,23-26,30-31,35-36H,3,8-9,11-22,27-29,33-34H2,1-2,4-7H3/t35-,36-/m0/s1. The van der Waals surface area contributed by atoms with E-state index in [1.165, 1.54) is 38.5 Å². The molecule has 0 saturated heterocycles. The Hall–Kier alpha value is -3.59. The number of hydrogen-bond acceptors (Lipinski definition) is 6. The molecule has 6 nitrogen and oxygen atoms in total. The molecule has 0 heterocycles. The number of rotatable bonds is 29. The molecule has 0 aliphatic heterocycles. The Bertz CT molecular complexity index is 1300. The van der Waals surface area contributed by atoms with Gasteiger partial charge in [0.25, 0.3) is 0 Å². The highest BCUT2D eigenvalue weighted by Crippen LogP contribution is 2.43. The monoisotopic (exact) mass is 690 g/mol. The summed E-state index contributed by atoms with van der Waals surface area (Å²) in [5, 5.41) is 10.5. The number of nitrogens with zero attached hydrogens (tertiary/aromatic N) is 1. The first kappa shape index (κ1) is 42.6. The van der Waals surface area contributed by atoms with Crippen LogP contribution in [-0.2, 0) is 0 Å². The quantitative estimate of drug-likeness (QED) is 0.0366. The van der Waals surface area contributed by atoms with Crippen molar-refractivity contribution in [1.29, 1.82) is 5.26 Å². The van der Waals surface area contributed by atoms with Gasteiger partial charge < -0.3 is 23.7 Å². The lowest BCUT2D eigenvalue weighted by molar-refractivity contribution is 0.204. The van der Waals surface area contributed by atoms with Crippen LogP contribution in [0.2, 0.25) is 0 Å². The molecule has 0 aliphatic rings. The molecule has 2 atom stereocenters. The Balaban J connectivity index is 2.51. The molecule has 0 aliphatic carbocycles. The van der Waals surface area contributed by atoms with E-state index in [0.717, 1.165) is 68.2 Å². The normalized spacial score (nSPS) is 12.5. The molecule has 0 radical (unpaired) electrons. The van der Waals surface area contributed by atoms with Crippen molar-refractivity contribution in [2.24, 2.45) is 11.8 Å². The molecule has 0 saturated carbocycles. The Morgan fingerprint density at radius 3 is 1.84 bits per heavy atom. The zero-order valence-corrected chi connectivity index (χ0v) is 32.3. The fraction of sp³-hybridized carbons (Fsp3) is 0.614. The van der Waals surface area contributed by atoms with Crippen LogP contribution >= 0.6 is 0 Å². The second-order valence-electron chi connectivity index (χ2n) is 13.6. The highest BCUT2D eigenvalue weighted by atomic mass is 16.5. The minimum atomic E-state index is 0.363. The van der Waals surface area contributed by atoms with Crippen LogP contribution in [0.15, 0.2) is 43.0 Å². The topological polar surface area (TPSA) is 69.9 Å². The van der Waals surface area contributed by atoms with Crippen molar-refractivity contribution in [3.05, 3.63) is 54.1 Å². The summed E-state index contributed by atoms with van der Waals surface area (Å²) in [4.78, 5) is 0.